The summed E-state index contributed by atoms with van der Waals surface area (Å²) in [7, 11) is 0. The number of unbranched alkanes of at least 4 members (excludes halogenated alkanes) is 2. The van der Waals surface area contributed by atoms with E-state index in [1.54, 1.807) is 0 Å². The van der Waals surface area contributed by atoms with Crippen LogP contribution in [0.15, 0.2) is 36.5 Å². The molecule has 0 saturated heterocycles. The van der Waals surface area contributed by atoms with E-state index < -0.39 is 0 Å². The summed E-state index contributed by atoms with van der Waals surface area (Å²) in [6.07, 6.45) is 5.15. The zero-order valence-corrected chi connectivity index (χ0v) is 16.3. The van der Waals surface area contributed by atoms with E-state index in [0.717, 1.165) is 72.1 Å². The molecule has 0 unspecified atom stereocenters. The fourth-order valence-electron chi connectivity index (χ4n) is 3.29. The van der Waals surface area contributed by atoms with E-state index in [9.17, 15) is 0 Å². The topological polar surface area (TPSA) is 78.0 Å². The van der Waals surface area contributed by atoms with Gasteiger partial charge in [-0.25, -0.2) is 9.97 Å². The summed E-state index contributed by atoms with van der Waals surface area (Å²) in [5.74, 6) is 1.60. The second-order valence-electron chi connectivity index (χ2n) is 6.93. The highest BCUT2D eigenvalue weighted by Crippen LogP contribution is 2.29. The molecule has 0 aliphatic rings. The second kappa shape index (κ2) is 8.86. The van der Waals surface area contributed by atoms with E-state index in [2.05, 4.69) is 34.6 Å². The van der Waals surface area contributed by atoms with Crippen LogP contribution in [-0.4, -0.2) is 21.1 Å². The minimum atomic E-state index is 0.509. The maximum Gasteiger partial charge on any atom is 0.152 e. The van der Waals surface area contributed by atoms with E-state index >= 15 is 0 Å². The van der Waals surface area contributed by atoms with E-state index in [-0.39, 0.29) is 0 Å². The first-order valence-corrected chi connectivity index (χ1v) is 9.68. The summed E-state index contributed by atoms with van der Waals surface area (Å²) in [6.45, 7) is 9.37. The van der Waals surface area contributed by atoms with Crippen molar-refractivity contribution in [3.8, 4) is 0 Å². The molecular formula is C21H29N5O. The smallest absolute Gasteiger partial charge is 0.152 e. The number of pyridine rings is 1. The van der Waals surface area contributed by atoms with Gasteiger partial charge < -0.3 is 10.3 Å². The molecule has 1 aromatic carbocycles. The largest absolute Gasteiger partial charge is 0.382 e. The highest BCUT2D eigenvalue weighted by atomic mass is 16.6. The fraction of sp³-hybridized carbons (Fsp3) is 0.429. The predicted molar refractivity (Wildman–Crippen MR) is 111 cm³/mol. The summed E-state index contributed by atoms with van der Waals surface area (Å²) in [4.78, 5) is 14.8. The number of hydrogen-bond donors (Lipinski definition) is 2. The molecule has 0 fully saturated rings. The number of aryl methyl sites for hydroxylation is 2. The first-order chi connectivity index (χ1) is 13.1. The van der Waals surface area contributed by atoms with Gasteiger partial charge in [0.2, 0.25) is 0 Å². The van der Waals surface area contributed by atoms with Gasteiger partial charge in [-0.05, 0) is 32.3 Å². The predicted octanol–water partition coefficient (Wildman–Crippen LogP) is 4.34. The Morgan fingerprint density at radius 2 is 2.04 bits per heavy atom. The van der Waals surface area contributed by atoms with Crippen molar-refractivity contribution in [2.24, 2.45) is 0 Å². The van der Waals surface area contributed by atoms with Crippen LogP contribution < -0.4 is 11.2 Å². The molecular weight excluding hydrogens is 338 g/mol. The maximum atomic E-state index is 6.23. The SMILES string of the molecule is C=C(C)NOCCCCn1c(CCCC)nc2c(N)nc3ccccc3c21. The molecule has 6 heteroatoms. The summed E-state index contributed by atoms with van der Waals surface area (Å²) in [5.41, 5.74) is 12.7. The number of nitrogens with zero attached hydrogens (tertiary/aromatic N) is 3. The number of nitrogens with one attached hydrogen (secondary N) is 1. The van der Waals surface area contributed by atoms with Crippen LogP contribution in [0.3, 0.4) is 0 Å². The van der Waals surface area contributed by atoms with Crippen molar-refractivity contribution in [3.05, 3.63) is 42.4 Å². The minimum absolute atomic E-state index is 0.509. The number of imidazole rings is 1. The zero-order chi connectivity index (χ0) is 19.2. The van der Waals surface area contributed by atoms with Gasteiger partial charge in [-0.15, -0.1) is 0 Å². The van der Waals surface area contributed by atoms with Crippen LogP contribution in [0.5, 0.6) is 0 Å². The molecule has 0 saturated carbocycles. The molecule has 0 bridgehead atoms. The molecule has 2 heterocycles. The van der Waals surface area contributed by atoms with Crippen molar-refractivity contribution in [3.63, 3.8) is 0 Å². The Morgan fingerprint density at radius 1 is 1.22 bits per heavy atom. The van der Waals surface area contributed by atoms with Gasteiger partial charge in [0.25, 0.3) is 0 Å². The van der Waals surface area contributed by atoms with Gasteiger partial charge in [-0.3, -0.25) is 10.3 Å². The van der Waals surface area contributed by atoms with E-state index in [0.29, 0.717) is 12.4 Å². The molecule has 0 aliphatic heterocycles. The lowest BCUT2D eigenvalue weighted by atomic mass is 10.2. The van der Waals surface area contributed by atoms with Gasteiger partial charge in [0.05, 0.1) is 17.6 Å². The van der Waals surface area contributed by atoms with Crippen LogP contribution >= 0.6 is 0 Å². The Kier molecular flexibility index (Phi) is 6.29. The number of rotatable bonds is 10. The second-order valence-corrected chi connectivity index (χ2v) is 6.93. The van der Waals surface area contributed by atoms with Crippen molar-refractivity contribution in [2.45, 2.75) is 52.5 Å². The van der Waals surface area contributed by atoms with E-state index in [1.165, 1.54) is 0 Å². The van der Waals surface area contributed by atoms with Crippen LogP contribution in [0.2, 0.25) is 0 Å². The molecule has 0 aliphatic carbocycles. The van der Waals surface area contributed by atoms with E-state index in [4.69, 9.17) is 15.6 Å². The third-order valence-corrected chi connectivity index (χ3v) is 4.57. The van der Waals surface area contributed by atoms with Crippen molar-refractivity contribution >= 4 is 27.8 Å². The first kappa shape index (κ1) is 19.2. The van der Waals surface area contributed by atoms with Gasteiger partial charge in [0.15, 0.2) is 5.82 Å². The highest BCUT2D eigenvalue weighted by molar-refractivity contribution is 6.06. The van der Waals surface area contributed by atoms with Crippen molar-refractivity contribution < 1.29 is 4.84 Å². The number of nitrogens with two attached hydrogens (primary N) is 1. The number of allylic oxidation sites excluding steroid dienone is 1. The van der Waals surface area contributed by atoms with Crippen molar-refractivity contribution in [1.82, 2.24) is 20.0 Å². The third-order valence-electron chi connectivity index (χ3n) is 4.57. The molecule has 0 amide bonds. The van der Waals surface area contributed by atoms with Gasteiger partial charge in [0.1, 0.15) is 11.3 Å². The summed E-state index contributed by atoms with van der Waals surface area (Å²) >= 11 is 0. The molecule has 27 heavy (non-hydrogen) atoms. The van der Waals surface area contributed by atoms with Crippen molar-refractivity contribution in [1.29, 1.82) is 0 Å². The average Bonchev–Trinajstić information content (AvgIpc) is 3.02. The Balaban J connectivity index is 1.89. The molecule has 2 aromatic heterocycles. The number of fused-ring (bicyclic) bond motifs is 3. The van der Waals surface area contributed by atoms with Crippen LogP contribution in [0.4, 0.5) is 5.82 Å². The van der Waals surface area contributed by atoms with Crippen LogP contribution in [0, 0.1) is 0 Å². The lowest BCUT2D eigenvalue weighted by molar-refractivity contribution is 0.0599. The molecule has 0 spiro atoms. The standard InChI is InChI=1S/C21H29N5O/c1-4-5-12-18-24-19-20(16-10-6-7-11-17(16)23-21(19)22)26(18)13-8-9-14-27-25-15(2)3/h6-7,10-11,25H,2,4-5,8-9,12-14H2,1,3H3,(H2,22,23). The summed E-state index contributed by atoms with van der Waals surface area (Å²) < 4.78 is 2.33. The lowest BCUT2D eigenvalue weighted by Crippen LogP contribution is -2.12. The number of para-hydroxylation sites is 1. The molecule has 3 rings (SSSR count). The number of aromatic nitrogens is 3. The fourth-order valence-corrected chi connectivity index (χ4v) is 3.29. The Morgan fingerprint density at radius 3 is 2.81 bits per heavy atom. The Labute approximate surface area is 160 Å². The minimum Gasteiger partial charge on any atom is -0.382 e. The molecule has 6 nitrogen and oxygen atoms in total. The maximum absolute atomic E-state index is 6.23. The number of anilines is 1. The number of nitrogen functional groups attached to an aromatic ring is 1. The summed E-state index contributed by atoms with van der Waals surface area (Å²) in [6, 6.07) is 8.14. The molecule has 3 aromatic rings. The molecule has 3 N–H and O–H groups in total. The Hall–Kier alpha value is -2.60. The van der Waals surface area contributed by atoms with Crippen LogP contribution in [-0.2, 0) is 17.8 Å². The quantitative estimate of drug-likeness (QED) is 0.411. The number of benzene rings is 1. The third kappa shape index (κ3) is 4.39. The zero-order valence-electron chi connectivity index (χ0n) is 16.3. The lowest BCUT2D eigenvalue weighted by Gasteiger charge is -2.11. The summed E-state index contributed by atoms with van der Waals surface area (Å²) in [5, 5.41) is 1.11. The van der Waals surface area contributed by atoms with Gasteiger partial charge in [0, 0.05) is 24.0 Å². The first-order valence-electron chi connectivity index (χ1n) is 9.68. The average molecular weight is 367 g/mol. The van der Waals surface area contributed by atoms with Crippen LogP contribution in [0.1, 0.15) is 45.4 Å². The molecule has 144 valence electrons. The molecule has 0 radical (unpaired) electrons. The van der Waals surface area contributed by atoms with Gasteiger partial charge in [-0.2, -0.15) is 0 Å². The number of hydroxylamine groups is 1. The van der Waals surface area contributed by atoms with Crippen LogP contribution in [0.25, 0.3) is 21.9 Å². The molecule has 0 atom stereocenters. The Bertz CT molecular complexity index is 931. The van der Waals surface area contributed by atoms with Gasteiger partial charge >= 0.3 is 0 Å². The van der Waals surface area contributed by atoms with E-state index in [1.807, 2.05) is 25.1 Å². The normalized spacial score (nSPS) is 11.3. The van der Waals surface area contributed by atoms with Crippen molar-refractivity contribution in [2.75, 3.05) is 12.3 Å². The monoisotopic (exact) mass is 367 g/mol. The van der Waals surface area contributed by atoms with Gasteiger partial charge in [-0.1, -0.05) is 38.1 Å². The number of hydrogen-bond acceptors (Lipinski definition) is 5. The highest BCUT2D eigenvalue weighted by Gasteiger charge is 2.16.